The summed E-state index contributed by atoms with van der Waals surface area (Å²) < 4.78 is 22.1. The maximum atomic E-state index is 13.6. The second-order valence-electron chi connectivity index (χ2n) is 10.1. The van der Waals surface area contributed by atoms with Gasteiger partial charge in [0.1, 0.15) is 6.04 Å². The molecule has 40 heavy (non-hydrogen) atoms. The van der Waals surface area contributed by atoms with Crippen LogP contribution in [-0.2, 0) is 20.7 Å². The first-order valence-corrected chi connectivity index (χ1v) is 13.5. The smallest absolute Gasteiger partial charge is 0.242 e. The molecule has 1 aliphatic carbocycles. The van der Waals surface area contributed by atoms with Crippen LogP contribution >= 0.6 is 0 Å². The van der Waals surface area contributed by atoms with Crippen LogP contribution in [0.2, 0.25) is 0 Å². The number of amides is 2. The molecule has 0 bridgehead atoms. The number of carbonyl (C=O) groups excluding carboxylic acids is 2. The summed E-state index contributed by atoms with van der Waals surface area (Å²) in [5.41, 5.74) is 3.06. The lowest BCUT2D eigenvalue weighted by molar-refractivity contribution is -0.122. The number of nitrogens with one attached hydrogen (secondary N) is 3. The quantitative estimate of drug-likeness (QED) is 0.340. The number of anilines is 1. The topological polar surface area (TPSA) is 124 Å². The van der Waals surface area contributed by atoms with E-state index < -0.39 is 12.1 Å². The Morgan fingerprint density at radius 3 is 2.35 bits per heavy atom. The number of fused-ring (bicyclic) bond motifs is 3. The minimum Gasteiger partial charge on any atom is -0.493 e. The van der Waals surface area contributed by atoms with Gasteiger partial charge in [-0.2, -0.15) is 0 Å². The molecule has 0 heterocycles. The predicted molar refractivity (Wildman–Crippen MR) is 154 cm³/mol. The lowest BCUT2D eigenvalue weighted by Gasteiger charge is -2.22. The summed E-state index contributed by atoms with van der Waals surface area (Å²) in [6.45, 7) is 6.31. The summed E-state index contributed by atoms with van der Waals surface area (Å²) in [5, 5.41) is 9.10. The highest BCUT2D eigenvalue weighted by atomic mass is 16.5. The van der Waals surface area contributed by atoms with Crippen LogP contribution in [0.1, 0.15) is 50.8 Å². The summed E-state index contributed by atoms with van der Waals surface area (Å²) in [6, 6.07) is 5.92. The third-order valence-electron chi connectivity index (χ3n) is 7.00. The number of aryl methyl sites for hydroxylation is 1. The van der Waals surface area contributed by atoms with E-state index in [1.54, 1.807) is 34.5 Å². The SMILES string of the molecule is COCCCNC(=O)[C@@H](Nc1ccc2c(cc1=O)[C@@H](NC(C)=O)CCc1cc(OC)c(OC)c(OC)c1-2)C(C)C. The molecule has 0 aromatic heterocycles. The van der Waals surface area contributed by atoms with Crippen molar-refractivity contribution in [2.45, 2.75) is 52.1 Å². The molecule has 0 saturated heterocycles. The predicted octanol–water partition coefficient (Wildman–Crippen LogP) is 3.45. The number of benzene rings is 1. The standard InChI is InChI=1S/C30H41N3O7/c1-17(2)27(30(36)31-13-8-14-37-4)33-23-12-10-20-21(16-24(23)35)22(32-18(3)34)11-9-19-15-25(38-5)28(39-6)29(40-7)26(19)20/h10,12,15-17,22,27H,8-9,11,13-14H2,1-7H3,(H,31,36)(H,32,34)(H,33,35)/t22-,27-/m0/s1. The molecule has 3 N–H and O–H groups in total. The zero-order valence-corrected chi connectivity index (χ0v) is 24.4. The Morgan fingerprint density at radius 2 is 1.75 bits per heavy atom. The molecule has 3 rings (SSSR count). The van der Waals surface area contributed by atoms with Crippen LogP contribution in [0.15, 0.2) is 29.1 Å². The van der Waals surface area contributed by atoms with Crippen molar-refractivity contribution in [2.75, 3.05) is 46.9 Å². The van der Waals surface area contributed by atoms with Gasteiger partial charge in [0.05, 0.1) is 33.1 Å². The molecular weight excluding hydrogens is 514 g/mol. The number of methoxy groups -OCH3 is 4. The lowest BCUT2D eigenvalue weighted by atomic mass is 9.95. The first-order chi connectivity index (χ1) is 19.2. The highest BCUT2D eigenvalue weighted by Gasteiger charge is 2.30. The lowest BCUT2D eigenvalue weighted by Crippen LogP contribution is -2.44. The largest absolute Gasteiger partial charge is 0.493 e. The molecule has 2 aromatic carbocycles. The van der Waals surface area contributed by atoms with E-state index in [2.05, 4.69) is 16.0 Å². The van der Waals surface area contributed by atoms with Gasteiger partial charge in [-0.15, -0.1) is 0 Å². The Kier molecular flexibility index (Phi) is 10.8. The minimum atomic E-state index is -0.630. The summed E-state index contributed by atoms with van der Waals surface area (Å²) in [6.07, 6.45) is 1.85. The molecule has 218 valence electrons. The van der Waals surface area contributed by atoms with Crippen molar-refractivity contribution in [3.63, 3.8) is 0 Å². The van der Waals surface area contributed by atoms with Crippen molar-refractivity contribution in [1.29, 1.82) is 0 Å². The van der Waals surface area contributed by atoms with Gasteiger partial charge in [0.25, 0.3) is 0 Å². The van der Waals surface area contributed by atoms with Crippen molar-refractivity contribution >= 4 is 17.5 Å². The number of hydrogen-bond donors (Lipinski definition) is 3. The average molecular weight is 556 g/mol. The maximum absolute atomic E-state index is 13.6. The average Bonchev–Trinajstić information content (AvgIpc) is 3.16. The van der Waals surface area contributed by atoms with E-state index in [-0.39, 0.29) is 28.8 Å². The van der Waals surface area contributed by atoms with Gasteiger partial charge in [0.15, 0.2) is 11.5 Å². The van der Waals surface area contributed by atoms with Crippen LogP contribution in [0.3, 0.4) is 0 Å². The molecule has 10 nitrogen and oxygen atoms in total. The van der Waals surface area contributed by atoms with Gasteiger partial charge in [-0.1, -0.05) is 19.9 Å². The minimum absolute atomic E-state index is 0.0881. The fraction of sp³-hybridized carbons (Fsp3) is 0.500. The van der Waals surface area contributed by atoms with E-state index in [4.69, 9.17) is 18.9 Å². The summed E-state index contributed by atoms with van der Waals surface area (Å²) in [4.78, 5) is 38.8. The molecule has 0 radical (unpaired) electrons. The molecule has 0 saturated carbocycles. The first-order valence-electron chi connectivity index (χ1n) is 13.5. The second-order valence-corrected chi connectivity index (χ2v) is 10.1. The molecule has 0 fully saturated rings. The molecule has 2 atom stereocenters. The molecule has 1 aliphatic rings. The van der Waals surface area contributed by atoms with Crippen LogP contribution < -0.4 is 35.6 Å². The van der Waals surface area contributed by atoms with Crippen LogP contribution in [0.25, 0.3) is 11.1 Å². The van der Waals surface area contributed by atoms with Crippen molar-refractivity contribution in [2.24, 2.45) is 5.92 Å². The van der Waals surface area contributed by atoms with E-state index in [1.807, 2.05) is 26.0 Å². The highest BCUT2D eigenvalue weighted by molar-refractivity contribution is 5.86. The van der Waals surface area contributed by atoms with Crippen LogP contribution in [0.5, 0.6) is 17.2 Å². The van der Waals surface area contributed by atoms with Gasteiger partial charge in [0, 0.05) is 32.7 Å². The van der Waals surface area contributed by atoms with Gasteiger partial charge in [-0.25, -0.2) is 0 Å². The Bertz CT molecular complexity index is 1280. The molecule has 0 aliphatic heterocycles. The monoisotopic (exact) mass is 555 g/mol. The number of ether oxygens (including phenoxy) is 4. The van der Waals surface area contributed by atoms with Crippen molar-refractivity contribution in [1.82, 2.24) is 10.6 Å². The normalized spacial score (nSPS) is 14.8. The fourth-order valence-corrected chi connectivity index (χ4v) is 5.07. The number of hydrogen-bond acceptors (Lipinski definition) is 8. The molecule has 2 amide bonds. The Hall–Kier alpha value is -3.79. The van der Waals surface area contributed by atoms with E-state index >= 15 is 0 Å². The molecule has 0 unspecified atom stereocenters. The Morgan fingerprint density at radius 1 is 1.02 bits per heavy atom. The van der Waals surface area contributed by atoms with Gasteiger partial charge < -0.3 is 34.9 Å². The van der Waals surface area contributed by atoms with E-state index in [0.29, 0.717) is 55.2 Å². The zero-order chi connectivity index (χ0) is 29.4. The zero-order valence-electron chi connectivity index (χ0n) is 24.4. The number of carbonyl (C=O) groups is 2. The van der Waals surface area contributed by atoms with Crippen LogP contribution in [0, 0.1) is 5.92 Å². The summed E-state index contributed by atoms with van der Waals surface area (Å²) >= 11 is 0. The third kappa shape index (κ3) is 6.85. The van der Waals surface area contributed by atoms with Gasteiger partial charge in [-0.05, 0) is 60.1 Å². The van der Waals surface area contributed by atoms with Gasteiger partial charge >= 0.3 is 0 Å². The van der Waals surface area contributed by atoms with Crippen LogP contribution in [-0.4, -0.2) is 59.4 Å². The van der Waals surface area contributed by atoms with Crippen LogP contribution in [0.4, 0.5) is 5.69 Å². The van der Waals surface area contributed by atoms with Gasteiger partial charge in [-0.3, -0.25) is 14.4 Å². The molecular formula is C30H41N3O7. The molecule has 0 spiro atoms. The fourth-order valence-electron chi connectivity index (χ4n) is 5.07. The second kappa shape index (κ2) is 14.0. The Balaban J connectivity index is 2.17. The highest BCUT2D eigenvalue weighted by Crippen LogP contribution is 2.50. The summed E-state index contributed by atoms with van der Waals surface area (Å²) in [7, 11) is 6.28. The van der Waals surface area contributed by atoms with Crippen molar-refractivity contribution in [3.05, 3.63) is 45.6 Å². The van der Waals surface area contributed by atoms with E-state index in [0.717, 1.165) is 16.7 Å². The van der Waals surface area contributed by atoms with Gasteiger partial charge in [0.2, 0.25) is 23.0 Å². The van der Waals surface area contributed by atoms with Crippen molar-refractivity contribution < 1.29 is 28.5 Å². The van der Waals surface area contributed by atoms with E-state index in [1.165, 1.54) is 13.0 Å². The third-order valence-corrected chi connectivity index (χ3v) is 7.00. The number of rotatable bonds is 12. The van der Waals surface area contributed by atoms with E-state index in [9.17, 15) is 14.4 Å². The summed E-state index contributed by atoms with van der Waals surface area (Å²) in [5.74, 6) is 0.955. The Labute approximate surface area is 235 Å². The maximum Gasteiger partial charge on any atom is 0.242 e. The first kappa shape index (κ1) is 30.7. The van der Waals surface area contributed by atoms with Crippen molar-refractivity contribution in [3.8, 4) is 28.4 Å². The molecule has 2 aromatic rings. The molecule has 10 heteroatoms.